The lowest BCUT2D eigenvalue weighted by Gasteiger charge is -2.29. The van der Waals surface area contributed by atoms with Crippen molar-refractivity contribution in [3.8, 4) is 5.75 Å². The summed E-state index contributed by atoms with van der Waals surface area (Å²) in [5.41, 5.74) is 0.942. The molecule has 1 unspecified atom stereocenters. The molecule has 29 heavy (non-hydrogen) atoms. The number of ether oxygens (including phenoxy) is 1. The standard InChI is InChI=1S/C22H26BrClN2O3/c1-15(2)12-25-22(28)16(3)26(13-17-7-5-4-6-8-17)21(27)14-29-20-10-9-18(24)11-19(20)23/h4-11,15-16H,12-14H2,1-3H3,(H,25,28). The topological polar surface area (TPSA) is 58.6 Å². The van der Waals surface area contributed by atoms with E-state index >= 15 is 0 Å². The van der Waals surface area contributed by atoms with E-state index in [-0.39, 0.29) is 18.4 Å². The van der Waals surface area contributed by atoms with E-state index in [1.54, 1.807) is 25.1 Å². The van der Waals surface area contributed by atoms with Gasteiger partial charge in [-0.05, 0) is 52.5 Å². The zero-order valence-corrected chi connectivity index (χ0v) is 19.2. The van der Waals surface area contributed by atoms with Crippen LogP contribution < -0.4 is 10.1 Å². The minimum Gasteiger partial charge on any atom is -0.483 e. The average Bonchev–Trinajstić information content (AvgIpc) is 2.69. The molecular weight excluding hydrogens is 456 g/mol. The summed E-state index contributed by atoms with van der Waals surface area (Å²) in [6, 6.07) is 14.0. The lowest BCUT2D eigenvalue weighted by molar-refractivity contribution is -0.142. The van der Waals surface area contributed by atoms with E-state index in [9.17, 15) is 9.59 Å². The van der Waals surface area contributed by atoms with Gasteiger partial charge in [0.1, 0.15) is 11.8 Å². The Balaban J connectivity index is 2.12. The normalized spacial score (nSPS) is 11.8. The summed E-state index contributed by atoms with van der Waals surface area (Å²) in [6.45, 7) is 6.47. The summed E-state index contributed by atoms with van der Waals surface area (Å²) in [6.07, 6.45) is 0. The van der Waals surface area contributed by atoms with Crippen molar-refractivity contribution in [2.75, 3.05) is 13.2 Å². The van der Waals surface area contributed by atoms with Crippen LogP contribution in [-0.4, -0.2) is 35.9 Å². The predicted molar refractivity (Wildman–Crippen MR) is 119 cm³/mol. The molecule has 2 rings (SSSR count). The number of carbonyl (C=O) groups excluding carboxylic acids is 2. The highest BCUT2D eigenvalue weighted by atomic mass is 79.9. The first-order valence-corrected chi connectivity index (χ1v) is 10.6. The quantitative estimate of drug-likeness (QED) is 0.566. The van der Waals surface area contributed by atoms with Gasteiger partial charge in [-0.15, -0.1) is 0 Å². The lowest BCUT2D eigenvalue weighted by atomic mass is 10.1. The molecule has 0 bridgehead atoms. The Morgan fingerprint density at radius 1 is 1.14 bits per heavy atom. The molecule has 2 amide bonds. The molecule has 2 aromatic rings. The van der Waals surface area contributed by atoms with Crippen molar-refractivity contribution < 1.29 is 14.3 Å². The fourth-order valence-electron chi connectivity index (χ4n) is 2.63. The molecule has 156 valence electrons. The van der Waals surface area contributed by atoms with Gasteiger partial charge in [0.15, 0.2) is 6.61 Å². The molecule has 0 aliphatic rings. The molecule has 0 aliphatic carbocycles. The summed E-state index contributed by atoms with van der Waals surface area (Å²) in [4.78, 5) is 27.1. The van der Waals surface area contributed by atoms with Gasteiger partial charge in [-0.25, -0.2) is 0 Å². The Labute approximate surface area is 185 Å². The smallest absolute Gasteiger partial charge is 0.261 e. The molecule has 0 saturated carbocycles. The van der Waals surface area contributed by atoms with Crippen molar-refractivity contribution in [1.82, 2.24) is 10.2 Å². The number of hydrogen-bond donors (Lipinski definition) is 1. The molecule has 5 nitrogen and oxygen atoms in total. The monoisotopic (exact) mass is 480 g/mol. The highest BCUT2D eigenvalue weighted by Gasteiger charge is 2.26. The van der Waals surface area contributed by atoms with Crippen LogP contribution >= 0.6 is 27.5 Å². The van der Waals surface area contributed by atoms with Crippen molar-refractivity contribution >= 4 is 39.3 Å². The first-order chi connectivity index (χ1) is 13.8. The third-order valence-electron chi connectivity index (χ3n) is 4.29. The van der Waals surface area contributed by atoms with Crippen LogP contribution in [0.5, 0.6) is 5.75 Å². The molecule has 0 saturated heterocycles. The maximum Gasteiger partial charge on any atom is 0.261 e. The molecule has 7 heteroatoms. The molecule has 0 aliphatic heterocycles. The van der Waals surface area contributed by atoms with Crippen molar-refractivity contribution in [2.45, 2.75) is 33.4 Å². The van der Waals surface area contributed by atoms with Crippen molar-refractivity contribution in [1.29, 1.82) is 0 Å². The number of nitrogens with one attached hydrogen (secondary N) is 1. The van der Waals surface area contributed by atoms with E-state index in [0.717, 1.165) is 5.56 Å². The number of amides is 2. The minimum atomic E-state index is -0.626. The maximum absolute atomic E-state index is 13.0. The summed E-state index contributed by atoms with van der Waals surface area (Å²) in [7, 11) is 0. The molecule has 0 radical (unpaired) electrons. The second-order valence-corrected chi connectivity index (χ2v) is 8.48. The third-order valence-corrected chi connectivity index (χ3v) is 5.15. The van der Waals surface area contributed by atoms with E-state index in [2.05, 4.69) is 21.2 Å². The van der Waals surface area contributed by atoms with E-state index < -0.39 is 6.04 Å². The van der Waals surface area contributed by atoms with Gasteiger partial charge in [-0.2, -0.15) is 0 Å². The van der Waals surface area contributed by atoms with Gasteiger partial charge in [-0.3, -0.25) is 9.59 Å². The van der Waals surface area contributed by atoms with E-state index in [4.69, 9.17) is 16.3 Å². The van der Waals surface area contributed by atoms with Gasteiger partial charge < -0.3 is 15.0 Å². The van der Waals surface area contributed by atoms with Gasteiger partial charge >= 0.3 is 0 Å². The number of rotatable bonds is 9. The van der Waals surface area contributed by atoms with Gasteiger partial charge in [0.25, 0.3) is 5.91 Å². The van der Waals surface area contributed by atoms with Crippen LogP contribution in [0.25, 0.3) is 0 Å². The first-order valence-electron chi connectivity index (χ1n) is 9.47. The van der Waals surface area contributed by atoms with E-state index in [1.165, 1.54) is 4.90 Å². The fraction of sp³-hybridized carbons (Fsp3) is 0.364. The lowest BCUT2D eigenvalue weighted by Crippen LogP contribution is -2.49. The predicted octanol–water partition coefficient (Wildman–Crippen LogP) is 4.67. The summed E-state index contributed by atoms with van der Waals surface area (Å²) >= 11 is 9.32. The van der Waals surface area contributed by atoms with Gasteiger partial charge in [0.2, 0.25) is 5.91 Å². The van der Waals surface area contributed by atoms with Crippen molar-refractivity contribution in [3.63, 3.8) is 0 Å². The molecule has 2 aromatic carbocycles. The van der Waals surface area contributed by atoms with Crippen LogP contribution in [0.3, 0.4) is 0 Å². The number of nitrogens with zero attached hydrogens (tertiary/aromatic N) is 1. The Hall–Kier alpha value is -2.05. The minimum absolute atomic E-state index is 0.185. The first kappa shape index (κ1) is 23.2. The summed E-state index contributed by atoms with van der Waals surface area (Å²) in [5, 5.41) is 3.46. The Morgan fingerprint density at radius 2 is 1.83 bits per heavy atom. The van der Waals surface area contributed by atoms with Crippen LogP contribution in [0.1, 0.15) is 26.3 Å². The second-order valence-electron chi connectivity index (χ2n) is 7.19. The molecule has 1 atom stereocenters. The van der Waals surface area contributed by atoms with Gasteiger partial charge in [0, 0.05) is 18.1 Å². The molecule has 0 heterocycles. The molecule has 0 aromatic heterocycles. The molecule has 1 N–H and O–H groups in total. The number of carbonyl (C=O) groups is 2. The zero-order chi connectivity index (χ0) is 21.4. The SMILES string of the molecule is CC(C)CNC(=O)C(C)N(Cc1ccccc1)C(=O)COc1ccc(Cl)cc1Br. The van der Waals surface area contributed by atoms with E-state index in [0.29, 0.717) is 34.3 Å². The maximum atomic E-state index is 13.0. The van der Waals surface area contributed by atoms with Gasteiger partial charge in [-0.1, -0.05) is 55.8 Å². The Kier molecular flexibility index (Phi) is 8.99. The third kappa shape index (κ3) is 7.37. The zero-order valence-electron chi connectivity index (χ0n) is 16.8. The highest BCUT2D eigenvalue weighted by Crippen LogP contribution is 2.28. The van der Waals surface area contributed by atoms with Crippen LogP contribution in [-0.2, 0) is 16.1 Å². The Bertz CT molecular complexity index is 830. The number of benzene rings is 2. The summed E-state index contributed by atoms with van der Waals surface area (Å²) in [5.74, 6) is 0.382. The fourth-order valence-corrected chi connectivity index (χ4v) is 3.43. The number of hydrogen-bond acceptors (Lipinski definition) is 3. The highest BCUT2D eigenvalue weighted by molar-refractivity contribution is 9.10. The molecule has 0 spiro atoms. The van der Waals surface area contributed by atoms with Crippen LogP contribution in [0, 0.1) is 5.92 Å². The van der Waals surface area contributed by atoms with Crippen molar-refractivity contribution in [3.05, 3.63) is 63.6 Å². The Morgan fingerprint density at radius 3 is 2.45 bits per heavy atom. The number of halogens is 2. The largest absolute Gasteiger partial charge is 0.483 e. The van der Waals surface area contributed by atoms with Gasteiger partial charge in [0.05, 0.1) is 4.47 Å². The second kappa shape index (κ2) is 11.2. The van der Waals surface area contributed by atoms with Crippen LogP contribution in [0.4, 0.5) is 0 Å². The van der Waals surface area contributed by atoms with Crippen molar-refractivity contribution in [2.24, 2.45) is 5.92 Å². The molecule has 0 fully saturated rings. The van der Waals surface area contributed by atoms with Crippen LogP contribution in [0.2, 0.25) is 5.02 Å². The molecular formula is C22H26BrClN2O3. The summed E-state index contributed by atoms with van der Waals surface area (Å²) < 4.78 is 6.33. The van der Waals surface area contributed by atoms with E-state index in [1.807, 2.05) is 44.2 Å². The average molecular weight is 482 g/mol. The van der Waals surface area contributed by atoms with Crippen LogP contribution in [0.15, 0.2) is 53.0 Å².